The second-order valence-corrected chi connectivity index (χ2v) is 21.8. The lowest BCUT2D eigenvalue weighted by molar-refractivity contribution is 0.414. The maximum Gasteiger partial charge on any atom is 0.132 e. The molecular formula is C79H66N4O3. The van der Waals surface area contributed by atoms with E-state index in [0.29, 0.717) is 17.1 Å². The van der Waals surface area contributed by atoms with Crippen LogP contribution < -0.4 is 24.0 Å². The lowest BCUT2D eigenvalue weighted by atomic mass is 9.65. The monoisotopic (exact) mass is 1120 g/mol. The predicted molar refractivity (Wildman–Crippen MR) is 359 cm³/mol. The Morgan fingerprint density at radius 3 is 1.53 bits per heavy atom. The fraction of sp³-hybridized carbons (Fsp3) is 0.0886. The van der Waals surface area contributed by atoms with Crippen LogP contribution in [-0.4, -0.2) is 23.4 Å². The summed E-state index contributed by atoms with van der Waals surface area (Å²) in [6, 6.07) is 76.3. The summed E-state index contributed by atoms with van der Waals surface area (Å²) in [6.07, 6.45) is 8.59. The Bertz CT molecular complexity index is 4580. The van der Waals surface area contributed by atoms with Crippen LogP contribution in [-0.2, 0) is 18.5 Å². The van der Waals surface area contributed by atoms with E-state index in [2.05, 4.69) is 215 Å². The molecule has 1 spiro atoms. The Morgan fingerprint density at radius 2 is 0.965 bits per heavy atom. The highest BCUT2D eigenvalue weighted by Gasteiger charge is 2.54. The van der Waals surface area contributed by atoms with Gasteiger partial charge in [0.1, 0.15) is 23.0 Å². The van der Waals surface area contributed by atoms with Crippen molar-refractivity contribution < 1.29 is 14.2 Å². The smallest absolute Gasteiger partial charge is 0.132 e. The van der Waals surface area contributed by atoms with Crippen LogP contribution >= 0.6 is 0 Å². The molecule has 7 nitrogen and oxygen atoms in total. The second-order valence-electron chi connectivity index (χ2n) is 21.8. The average molecular weight is 1120 g/mol. The maximum absolute atomic E-state index is 6.86. The first-order chi connectivity index (χ1) is 42.0. The number of aromatic nitrogens is 2. The highest BCUT2D eigenvalue weighted by atomic mass is 16.5. The van der Waals surface area contributed by atoms with Gasteiger partial charge in [0.15, 0.2) is 0 Å². The van der Waals surface area contributed by atoms with Crippen molar-refractivity contribution in [1.29, 1.82) is 0 Å². The lowest BCUT2D eigenvalue weighted by Gasteiger charge is -2.40. The fourth-order valence-electron chi connectivity index (χ4n) is 13.0. The van der Waals surface area contributed by atoms with E-state index in [1.165, 1.54) is 38.5 Å². The zero-order chi connectivity index (χ0) is 59.2. The quantitative estimate of drug-likeness (QED) is 0.0902. The molecule has 86 heavy (non-hydrogen) atoms. The van der Waals surface area contributed by atoms with Gasteiger partial charge in [-0.15, -0.1) is 0 Å². The standard InChI is InChI=1S/C79H66N4O3/c1-10-80-64(49-61-48-59(31-43-74(61)80)57-22-14-12-15-23-57)33-30-52(3)82(62-34-39-66(84-8)40-35-62)53(4)46-72-55(6)56(7)73(79(72)70-26-18-20-28-77(70)86-78-29-21-19-27-71(78)79)47-54(5)83(63-36-41-67(85-9)42-37-63)65-38-45-76-69(51-65)68-50-60(58-24-16-13-17-25-58)32-44-75(68)81(76)11-2/h12-51H,3-7,10-11H2,1-2,8-9H3/b33-30-,72-46+,73-47+. The second kappa shape index (κ2) is 22.4. The van der Waals surface area contributed by atoms with Crippen LogP contribution in [0.3, 0.4) is 0 Å². The van der Waals surface area contributed by atoms with E-state index in [9.17, 15) is 0 Å². The number of benzene rings is 9. The van der Waals surface area contributed by atoms with Crippen molar-refractivity contribution in [1.82, 2.24) is 9.13 Å². The lowest BCUT2D eigenvalue weighted by Crippen LogP contribution is -2.33. The predicted octanol–water partition coefficient (Wildman–Crippen LogP) is 20.1. The summed E-state index contributed by atoms with van der Waals surface area (Å²) in [4.78, 5) is 4.32. The van der Waals surface area contributed by atoms with Crippen molar-refractivity contribution in [3.05, 3.63) is 326 Å². The van der Waals surface area contributed by atoms with Crippen molar-refractivity contribution in [3.8, 4) is 45.3 Å². The Balaban J connectivity index is 0.966. The number of rotatable bonds is 16. The van der Waals surface area contributed by atoms with Crippen LogP contribution in [0.15, 0.2) is 309 Å². The van der Waals surface area contributed by atoms with Crippen molar-refractivity contribution in [2.75, 3.05) is 24.0 Å². The highest BCUT2D eigenvalue weighted by Crippen LogP contribution is 2.64. The van der Waals surface area contributed by atoms with Gasteiger partial charge >= 0.3 is 0 Å². The molecule has 7 heteroatoms. The average Bonchev–Trinajstić information content (AvgIpc) is 1.47. The van der Waals surface area contributed by atoms with E-state index in [-0.39, 0.29) is 0 Å². The van der Waals surface area contributed by atoms with E-state index >= 15 is 0 Å². The van der Waals surface area contributed by atoms with Gasteiger partial charge in [-0.05, 0) is 192 Å². The molecule has 13 rings (SSSR count). The van der Waals surface area contributed by atoms with Gasteiger partial charge in [-0.25, -0.2) is 0 Å². The third-order valence-electron chi connectivity index (χ3n) is 17.1. The number of anilines is 3. The highest BCUT2D eigenvalue weighted by molar-refractivity contribution is 6.10. The summed E-state index contributed by atoms with van der Waals surface area (Å²) in [5, 5.41) is 3.49. The molecule has 420 valence electrons. The molecule has 0 N–H and O–H groups in total. The molecule has 0 amide bonds. The summed E-state index contributed by atoms with van der Waals surface area (Å²) in [6.45, 7) is 30.5. The number of allylic oxidation sites excluding steroid dienone is 7. The Hall–Kier alpha value is -10.8. The first-order valence-corrected chi connectivity index (χ1v) is 29.2. The first kappa shape index (κ1) is 54.5. The van der Waals surface area contributed by atoms with Gasteiger partial charge in [0.25, 0.3) is 0 Å². The summed E-state index contributed by atoms with van der Waals surface area (Å²) < 4.78 is 23.0. The number of hydrogen-bond acceptors (Lipinski definition) is 5. The van der Waals surface area contributed by atoms with Crippen molar-refractivity contribution >= 4 is 55.8 Å². The molecule has 1 fully saturated rings. The zero-order valence-corrected chi connectivity index (χ0v) is 49.1. The molecular weight excluding hydrogens is 1050 g/mol. The molecule has 0 saturated heterocycles. The van der Waals surface area contributed by atoms with Gasteiger partial charge in [-0.2, -0.15) is 0 Å². The third kappa shape index (κ3) is 9.25. The van der Waals surface area contributed by atoms with Gasteiger partial charge in [0.2, 0.25) is 0 Å². The van der Waals surface area contributed by atoms with E-state index < -0.39 is 5.41 Å². The van der Waals surface area contributed by atoms with E-state index in [1.54, 1.807) is 14.2 Å². The summed E-state index contributed by atoms with van der Waals surface area (Å²) in [5.74, 6) is 2.94. The van der Waals surface area contributed by atoms with Crippen molar-refractivity contribution in [3.63, 3.8) is 0 Å². The molecule has 0 radical (unpaired) electrons. The van der Waals surface area contributed by atoms with E-state index in [4.69, 9.17) is 47.1 Å². The van der Waals surface area contributed by atoms with Gasteiger partial charge in [-0.1, -0.05) is 142 Å². The summed E-state index contributed by atoms with van der Waals surface area (Å²) in [5.41, 5.74) is 18.2. The summed E-state index contributed by atoms with van der Waals surface area (Å²) >= 11 is 0. The van der Waals surface area contributed by atoms with Crippen molar-refractivity contribution in [2.45, 2.75) is 32.4 Å². The molecule has 11 aromatic rings. The van der Waals surface area contributed by atoms with Gasteiger partial charge < -0.3 is 33.1 Å². The number of aryl methyl sites for hydroxylation is 2. The molecule has 9 aromatic carbocycles. The number of nitrogens with zero attached hydrogens (tertiary/aromatic N) is 4. The topological polar surface area (TPSA) is 44.0 Å². The zero-order valence-electron chi connectivity index (χ0n) is 49.1. The molecule has 2 aromatic heterocycles. The van der Waals surface area contributed by atoms with Crippen LogP contribution in [0.25, 0.3) is 61.0 Å². The maximum atomic E-state index is 6.86. The van der Waals surface area contributed by atoms with Gasteiger partial charge in [0, 0.05) is 96.8 Å². The minimum Gasteiger partial charge on any atom is -0.497 e. The molecule has 1 aliphatic heterocycles. The molecule has 1 aliphatic carbocycles. The van der Waals surface area contributed by atoms with Crippen molar-refractivity contribution in [2.24, 2.45) is 0 Å². The molecule has 0 unspecified atom stereocenters. The van der Waals surface area contributed by atoms with Gasteiger partial charge in [-0.3, -0.25) is 0 Å². The van der Waals surface area contributed by atoms with Crippen LogP contribution in [0, 0.1) is 0 Å². The number of para-hydroxylation sites is 2. The SMILES string of the molecule is C=C1C(=C)/C(=C\C(=C)N(c2ccc(OC)cc2)c2ccc3c(c2)c2cc(-c4ccccc4)ccc2n3CC)C2(/C1=C/C(=C)N(C(=C)/C=C\c1cc3cc(-c4ccccc4)ccc3n1CC)c1ccc(OC)cc1)c1ccccc1Oc1ccccc12. The number of methoxy groups -OCH3 is 2. The fourth-order valence-corrected chi connectivity index (χ4v) is 13.0. The Morgan fingerprint density at radius 1 is 0.477 bits per heavy atom. The van der Waals surface area contributed by atoms with Crippen LogP contribution in [0.4, 0.5) is 17.1 Å². The van der Waals surface area contributed by atoms with Crippen LogP contribution in [0.5, 0.6) is 23.0 Å². The number of fused-ring (bicyclic) bond motifs is 8. The third-order valence-corrected chi connectivity index (χ3v) is 17.1. The minimum atomic E-state index is -1.02. The number of ether oxygens (including phenoxy) is 3. The molecule has 1 saturated carbocycles. The van der Waals surface area contributed by atoms with Gasteiger partial charge in [0.05, 0.1) is 19.6 Å². The Labute approximate surface area is 503 Å². The van der Waals surface area contributed by atoms with E-state index in [1.807, 2.05) is 60.7 Å². The molecule has 0 atom stereocenters. The van der Waals surface area contributed by atoms with Crippen LogP contribution in [0.2, 0.25) is 0 Å². The Kier molecular flexibility index (Phi) is 14.2. The molecule has 2 aliphatic rings. The van der Waals surface area contributed by atoms with Crippen LogP contribution in [0.1, 0.15) is 30.7 Å². The summed E-state index contributed by atoms with van der Waals surface area (Å²) in [7, 11) is 3.37. The first-order valence-electron chi connectivity index (χ1n) is 29.2. The normalized spacial score (nSPS) is 14.3. The largest absolute Gasteiger partial charge is 0.497 e. The molecule has 3 heterocycles. The number of hydrogen-bond donors (Lipinski definition) is 0. The minimum absolute atomic E-state index is 0.660. The van der Waals surface area contributed by atoms with E-state index in [0.717, 1.165) is 109 Å². The molecule has 0 bridgehead atoms.